The molecule has 14 heavy (non-hydrogen) atoms. The van der Waals surface area contributed by atoms with Gasteiger partial charge < -0.3 is 5.73 Å². The summed E-state index contributed by atoms with van der Waals surface area (Å²) in [5, 5.41) is -0.271. The van der Waals surface area contributed by atoms with E-state index >= 15 is 0 Å². The molecule has 84 valence electrons. The largest absolute Gasteiger partial charge is 0.327 e. The fourth-order valence-corrected chi connectivity index (χ4v) is 3.44. The van der Waals surface area contributed by atoms with Crippen LogP contribution in [0.5, 0.6) is 0 Å². The van der Waals surface area contributed by atoms with Gasteiger partial charge in [-0.25, -0.2) is 8.42 Å². The van der Waals surface area contributed by atoms with Gasteiger partial charge in [0.2, 0.25) is 0 Å². The lowest BCUT2D eigenvalue weighted by Gasteiger charge is -2.19. The molecule has 1 aliphatic carbocycles. The van der Waals surface area contributed by atoms with Crippen molar-refractivity contribution in [2.75, 3.05) is 5.75 Å². The van der Waals surface area contributed by atoms with Gasteiger partial charge in [-0.2, -0.15) is 0 Å². The molecule has 0 saturated heterocycles. The van der Waals surface area contributed by atoms with Crippen LogP contribution >= 0.6 is 0 Å². The third-order valence-corrected chi connectivity index (χ3v) is 5.68. The van der Waals surface area contributed by atoms with Gasteiger partial charge in [-0.05, 0) is 31.6 Å². The van der Waals surface area contributed by atoms with Crippen molar-refractivity contribution < 1.29 is 8.42 Å². The minimum atomic E-state index is -2.99. The van der Waals surface area contributed by atoms with Crippen LogP contribution in [0.15, 0.2) is 0 Å². The first kappa shape index (κ1) is 12.0. The summed E-state index contributed by atoms with van der Waals surface area (Å²) < 4.78 is 23.7. The predicted molar refractivity (Wildman–Crippen MR) is 58.8 cm³/mol. The molecule has 4 heteroatoms. The van der Waals surface area contributed by atoms with E-state index in [4.69, 9.17) is 5.73 Å². The maximum absolute atomic E-state index is 11.8. The molecule has 0 spiro atoms. The second kappa shape index (κ2) is 4.19. The van der Waals surface area contributed by atoms with E-state index < -0.39 is 9.84 Å². The van der Waals surface area contributed by atoms with Crippen LogP contribution in [-0.2, 0) is 9.84 Å². The van der Waals surface area contributed by atoms with Gasteiger partial charge in [0.25, 0.3) is 0 Å². The highest BCUT2D eigenvalue weighted by atomic mass is 32.2. The van der Waals surface area contributed by atoms with Crippen LogP contribution in [0.4, 0.5) is 0 Å². The molecule has 0 bridgehead atoms. The number of hydrogen-bond acceptors (Lipinski definition) is 3. The average Bonchev–Trinajstić information content (AvgIpc) is 2.83. The fraction of sp³-hybridized carbons (Fsp3) is 1.00. The molecule has 1 fully saturated rings. The molecule has 0 aromatic carbocycles. The van der Waals surface area contributed by atoms with Crippen LogP contribution < -0.4 is 5.73 Å². The monoisotopic (exact) mass is 219 g/mol. The normalized spacial score (nSPS) is 22.4. The van der Waals surface area contributed by atoms with Crippen molar-refractivity contribution in [3.8, 4) is 0 Å². The van der Waals surface area contributed by atoms with Gasteiger partial charge in [0.15, 0.2) is 9.84 Å². The van der Waals surface area contributed by atoms with Crippen LogP contribution in [0.3, 0.4) is 0 Å². The van der Waals surface area contributed by atoms with Crippen LogP contribution in [0.25, 0.3) is 0 Å². The molecule has 2 unspecified atom stereocenters. The van der Waals surface area contributed by atoms with Crippen molar-refractivity contribution in [3.63, 3.8) is 0 Å². The first-order valence-electron chi connectivity index (χ1n) is 5.31. The Balaban J connectivity index is 2.56. The molecule has 0 amide bonds. The van der Waals surface area contributed by atoms with Crippen molar-refractivity contribution in [1.82, 2.24) is 0 Å². The lowest BCUT2D eigenvalue weighted by Crippen LogP contribution is -2.37. The quantitative estimate of drug-likeness (QED) is 0.755. The zero-order chi connectivity index (χ0) is 10.9. The van der Waals surface area contributed by atoms with Crippen molar-refractivity contribution in [3.05, 3.63) is 0 Å². The molecular weight excluding hydrogens is 198 g/mol. The molecule has 3 nitrogen and oxygen atoms in total. The third kappa shape index (κ3) is 2.95. The van der Waals surface area contributed by atoms with E-state index in [0.717, 1.165) is 12.8 Å². The molecule has 2 N–H and O–H groups in total. The minimum absolute atomic E-state index is 0.138. The first-order chi connectivity index (χ1) is 6.34. The highest BCUT2D eigenvalue weighted by Gasteiger charge is 2.34. The van der Waals surface area contributed by atoms with Gasteiger partial charge in [0, 0.05) is 6.04 Å². The van der Waals surface area contributed by atoms with Crippen LogP contribution in [0.2, 0.25) is 0 Å². The molecule has 1 aliphatic rings. The molecule has 0 heterocycles. The lowest BCUT2D eigenvalue weighted by atomic mass is 10.2. The molecule has 0 radical (unpaired) electrons. The Kier molecular flexibility index (Phi) is 3.58. The topological polar surface area (TPSA) is 60.2 Å². The van der Waals surface area contributed by atoms with E-state index in [2.05, 4.69) is 0 Å². The molecule has 2 atom stereocenters. The van der Waals surface area contributed by atoms with E-state index in [-0.39, 0.29) is 23.0 Å². The molecule has 0 aliphatic heterocycles. The van der Waals surface area contributed by atoms with Crippen molar-refractivity contribution in [1.29, 1.82) is 0 Å². The summed E-state index contributed by atoms with van der Waals surface area (Å²) in [4.78, 5) is 0. The molecule has 1 saturated carbocycles. The van der Waals surface area contributed by atoms with Crippen LogP contribution in [-0.4, -0.2) is 25.5 Å². The smallest absolute Gasteiger partial charge is 0.154 e. The summed E-state index contributed by atoms with van der Waals surface area (Å²) in [5.74, 6) is 0.798. The van der Waals surface area contributed by atoms with Gasteiger partial charge >= 0.3 is 0 Å². The Bertz CT molecular complexity index is 280. The van der Waals surface area contributed by atoms with E-state index in [1.165, 1.54) is 0 Å². The van der Waals surface area contributed by atoms with Crippen LogP contribution in [0, 0.1) is 11.8 Å². The molecular formula is C10H21NO2S. The third-order valence-electron chi connectivity index (χ3n) is 3.16. The second-order valence-corrected chi connectivity index (χ2v) is 7.18. The average molecular weight is 219 g/mol. The summed E-state index contributed by atoms with van der Waals surface area (Å²) in [6, 6.07) is -0.138. The van der Waals surface area contributed by atoms with Gasteiger partial charge in [0.05, 0.1) is 11.0 Å². The number of sulfone groups is 1. The fourth-order valence-electron chi connectivity index (χ4n) is 1.50. The Morgan fingerprint density at radius 2 is 1.79 bits per heavy atom. The van der Waals surface area contributed by atoms with Crippen molar-refractivity contribution in [2.24, 2.45) is 17.6 Å². The summed E-state index contributed by atoms with van der Waals surface area (Å²) >= 11 is 0. The SMILES string of the molecule is CC(C)C(C)S(=O)(=O)CC(N)C1CC1. The maximum atomic E-state index is 11.8. The van der Waals surface area contributed by atoms with E-state index in [1.807, 2.05) is 13.8 Å². The number of nitrogens with two attached hydrogens (primary N) is 1. The number of rotatable bonds is 5. The predicted octanol–water partition coefficient (Wildman–Crippen LogP) is 1.18. The van der Waals surface area contributed by atoms with E-state index in [1.54, 1.807) is 6.92 Å². The van der Waals surface area contributed by atoms with E-state index in [9.17, 15) is 8.42 Å². The summed E-state index contributed by atoms with van der Waals surface area (Å²) in [5.41, 5.74) is 5.82. The molecule has 0 aromatic heterocycles. The maximum Gasteiger partial charge on any atom is 0.154 e. The van der Waals surface area contributed by atoms with Crippen molar-refractivity contribution in [2.45, 2.75) is 44.9 Å². The molecule has 1 rings (SSSR count). The first-order valence-corrected chi connectivity index (χ1v) is 7.03. The highest BCUT2D eigenvalue weighted by molar-refractivity contribution is 7.92. The second-order valence-electron chi connectivity index (χ2n) is 4.78. The molecule has 0 aromatic rings. The Labute approximate surface area is 87.0 Å². The van der Waals surface area contributed by atoms with Crippen molar-refractivity contribution >= 4 is 9.84 Å². The Hall–Kier alpha value is -0.0900. The van der Waals surface area contributed by atoms with Crippen LogP contribution in [0.1, 0.15) is 33.6 Å². The van der Waals surface area contributed by atoms with E-state index in [0.29, 0.717) is 5.92 Å². The zero-order valence-corrected chi connectivity index (χ0v) is 10.0. The van der Waals surface area contributed by atoms with Gasteiger partial charge in [-0.3, -0.25) is 0 Å². The minimum Gasteiger partial charge on any atom is -0.327 e. The van der Waals surface area contributed by atoms with Gasteiger partial charge in [0.1, 0.15) is 0 Å². The lowest BCUT2D eigenvalue weighted by molar-refractivity contribution is 0.533. The highest BCUT2D eigenvalue weighted by Crippen LogP contribution is 2.32. The standard InChI is InChI=1S/C10H21NO2S/c1-7(2)8(3)14(12,13)6-10(11)9-4-5-9/h7-10H,4-6,11H2,1-3H3. The van der Waals surface area contributed by atoms with Gasteiger partial charge in [-0.15, -0.1) is 0 Å². The summed E-state index contributed by atoms with van der Waals surface area (Å²) in [6.07, 6.45) is 2.21. The Morgan fingerprint density at radius 3 is 2.14 bits per heavy atom. The summed E-state index contributed by atoms with van der Waals surface area (Å²) in [6.45, 7) is 5.65. The zero-order valence-electron chi connectivity index (χ0n) is 9.23. The summed E-state index contributed by atoms with van der Waals surface area (Å²) in [7, 11) is -2.99. The van der Waals surface area contributed by atoms with Gasteiger partial charge in [-0.1, -0.05) is 13.8 Å². The number of hydrogen-bond donors (Lipinski definition) is 1. The Morgan fingerprint density at radius 1 is 1.29 bits per heavy atom.